The van der Waals surface area contributed by atoms with Gasteiger partial charge in [0, 0.05) is 5.38 Å². The number of H-pyrrole nitrogens is 1. The van der Waals surface area contributed by atoms with Gasteiger partial charge in [-0.05, 0) is 18.2 Å². The second-order valence-corrected chi connectivity index (χ2v) is 5.08. The van der Waals surface area contributed by atoms with E-state index in [1.54, 1.807) is 10.9 Å². The first-order valence-corrected chi connectivity index (χ1v) is 6.88. The molecule has 0 fully saturated rings. The number of benzene rings is 1. The molecule has 3 rings (SSSR count). The van der Waals surface area contributed by atoms with E-state index < -0.39 is 17.1 Å². The van der Waals surface area contributed by atoms with Crippen molar-refractivity contribution >= 4 is 28.3 Å². The van der Waals surface area contributed by atoms with Crippen LogP contribution >= 0.6 is 11.3 Å². The summed E-state index contributed by atoms with van der Waals surface area (Å²) in [5.74, 6) is -1.10. The molecule has 0 bridgehead atoms. The predicted molar refractivity (Wildman–Crippen MR) is 77.0 cm³/mol. The van der Waals surface area contributed by atoms with Crippen molar-refractivity contribution in [1.29, 1.82) is 0 Å². The van der Waals surface area contributed by atoms with Gasteiger partial charge in [0.1, 0.15) is 0 Å². The molecule has 0 aliphatic rings. The molecule has 2 heterocycles. The zero-order valence-electron chi connectivity index (χ0n) is 10.6. The Kier molecular flexibility index (Phi) is 3.15. The first-order chi connectivity index (χ1) is 10.1. The van der Waals surface area contributed by atoms with E-state index in [2.05, 4.69) is 9.97 Å². The van der Waals surface area contributed by atoms with Crippen LogP contribution in [0.5, 0.6) is 0 Å². The van der Waals surface area contributed by atoms with Crippen molar-refractivity contribution in [3.8, 4) is 0 Å². The third-order valence-corrected chi connectivity index (χ3v) is 3.66. The van der Waals surface area contributed by atoms with Gasteiger partial charge in [-0.25, -0.2) is 9.78 Å². The monoisotopic (exact) mass is 303 g/mol. The highest BCUT2D eigenvalue weighted by atomic mass is 32.1. The molecule has 8 heteroatoms. The molecule has 0 aliphatic carbocycles. The third kappa shape index (κ3) is 2.36. The average Bonchev–Trinajstić information content (AvgIpc) is 2.96. The number of carboxylic acid groups (broad SMARTS) is 1. The van der Waals surface area contributed by atoms with E-state index in [0.717, 1.165) is 0 Å². The molecular formula is C13H9N3O4S. The van der Waals surface area contributed by atoms with Gasteiger partial charge in [-0.2, -0.15) is 0 Å². The van der Waals surface area contributed by atoms with E-state index in [1.165, 1.54) is 34.1 Å². The summed E-state index contributed by atoms with van der Waals surface area (Å²) in [6.45, 7) is 0.117. The third-order valence-electron chi connectivity index (χ3n) is 3.03. The second kappa shape index (κ2) is 4.98. The second-order valence-electron chi connectivity index (χ2n) is 4.36. The fourth-order valence-electron chi connectivity index (χ4n) is 2.04. The molecule has 2 N–H and O–H groups in total. The zero-order valence-corrected chi connectivity index (χ0v) is 11.4. The molecule has 0 amide bonds. The number of aromatic nitrogens is 3. The van der Waals surface area contributed by atoms with Gasteiger partial charge in [-0.3, -0.25) is 14.2 Å². The molecule has 21 heavy (non-hydrogen) atoms. The molecule has 0 radical (unpaired) electrons. The molecule has 0 aliphatic heterocycles. The van der Waals surface area contributed by atoms with Crippen molar-refractivity contribution in [3.63, 3.8) is 0 Å². The van der Waals surface area contributed by atoms with E-state index in [1.807, 2.05) is 0 Å². The predicted octanol–water partition coefficient (Wildman–Crippen LogP) is 0.893. The molecule has 0 unspecified atom stereocenters. The Morgan fingerprint density at radius 2 is 2.19 bits per heavy atom. The normalized spacial score (nSPS) is 10.9. The largest absolute Gasteiger partial charge is 0.478 e. The van der Waals surface area contributed by atoms with Crippen LogP contribution in [0.25, 0.3) is 11.0 Å². The van der Waals surface area contributed by atoms with Crippen LogP contribution in [-0.4, -0.2) is 25.6 Å². The summed E-state index contributed by atoms with van der Waals surface area (Å²) in [5, 5.41) is 10.8. The van der Waals surface area contributed by atoms with Gasteiger partial charge < -0.3 is 10.1 Å². The summed E-state index contributed by atoms with van der Waals surface area (Å²) in [6.07, 6.45) is 0. The van der Waals surface area contributed by atoms with E-state index in [-0.39, 0.29) is 12.1 Å². The van der Waals surface area contributed by atoms with Gasteiger partial charge >= 0.3 is 17.1 Å². The maximum absolute atomic E-state index is 12.0. The van der Waals surface area contributed by atoms with Crippen molar-refractivity contribution in [2.45, 2.75) is 6.54 Å². The van der Waals surface area contributed by atoms with E-state index in [9.17, 15) is 14.4 Å². The number of rotatable bonds is 3. The van der Waals surface area contributed by atoms with Crippen LogP contribution in [0.2, 0.25) is 0 Å². The summed E-state index contributed by atoms with van der Waals surface area (Å²) in [6, 6.07) is 4.21. The van der Waals surface area contributed by atoms with Gasteiger partial charge in [-0.15, -0.1) is 11.3 Å². The minimum absolute atomic E-state index is 0.0426. The van der Waals surface area contributed by atoms with Crippen molar-refractivity contribution in [2.24, 2.45) is 0 Å². The molecule has 0 saturated heterocycles. The van der Waals surface area contributed by atoms with E-state index in [0.29, 0.717) is 16.7 Å². The quantitative estimate of drug-likeness (QED) is 0.699. The maximum Gasteiger partial charge on any atom is 0.335 e. The summed E-state index contributed by atoms with van der Waals surface area (Å²) in [4.78, 5) is 41.3. The molecule has 0 atom stereocenters. The number of carboxylic acids is 1. The Labute approximate surface area is 121 Å². The van der Waals surface area contributed by atoms with Crippen molar-refractivity contribution in [1.82, 2.24) is 14.5 Å². The maximum atomic E-state index is 12.0. The van der Waals surface area contributed by atoms with Crippen LogP contribution in [-0.2, 0) is 6.54 Å². The van der Waals surface area contributed by atoms with E-state index >= 15 is 0 Å². The van der Waals surface area contributed by atoms with Gasteiger partial charge in [0.2, 0.25) is 0 Å². The van der Waals surface area contributed by atoms with E-state index in [4.69, 9.17) is 5.11 Å². The Morgan fingerprint density at radius 3 is 2.86 bits per heavy atom. The van der Waals surface area contributed by atoms with Crippen LogP contribution in [0.15, 0.2) is 38.7 Å². The number of carbonyl (C=O) groups is 1. The molecule has 1 aromatic carbocycles. The summed E-state index contributed by atoms with van der Waals surface area (Å²) in [5.41, 5.74) is 1.57. The highest BCUT2D eigenvalue weighted by Gasteiger charge is 2.12. The lowest BCUT2D eigenvalue weighted by atomic mass is 10.2. The Morgan fingerprint density at radius 1 is 1.38 bits per heavy atom. The fraction of sp³-hybridized carbons (Fsp3) is 0.0769. The van der Waals surface area contributed by atoms with Crippen LogP contribution in [0.1, 0.15) is 16.1 Å². The molecule has 7 nitrogen and oxygen atoms in total. The lowest BCUT2D eigenvalue weighted by molar-refractivity contribution is 0.0697. The first-order valence-electron chi connectivity index (χ1n) is 5.93. The number of nitrogens with zero attached hydrogens (tertiary/aromatic N) is 2. The van der Waals surface area contributed by atoms with Crippen LogP contribution in [0.3, 0.4) is 0 Å². The SMILES string of the molecule is O=C(O)c1ccc2[nH]c(=O)c(=O)n(Cc3cscn3)c2c1. The topological polar surface area (TPSA) is 105 Å². The van der Waals surface area contributed by atoms with Gasteiger partial charge in [-0.1, -0.05) is 0 Å². The Hall–Kier alpha value is -2.74. The molecule has 2 aromatic heterocycles. The highest BCUT2D eigenvalue weighted by Crippen LogP contribution is 2.13. The number of aromatic amines is 1. The zero-order chi connectivity index (χ0) is 15.0. The Balaban J connectivity index is 2.30. The fourth-order valence-corrected chi connectivity index (χ4v) is 2.59. The number of fused-ring (bicyclic) bond motifs is 1. The minimum atomic E-state index is -1.10. The standard InChI is InChI=1S/C13H9N3O4S/c17-11-12(18)16(4-8-5-21-6-14-8)10-3-7(13(19)20)1-2-9(10)15-11/h1-3,5-6H,4H2,(H,15,17)(H,19,20). The minimum Gasteiger partial charge on any atom is -0.478 e. The molecule has 106 valence electrons. The van der Waals surface area contributed by atoms with Crippen LogP contribution < -0.4 is 11.1 Å². The number of hydrogen-bond acceptors (Lipinski definition) is 5. The number of nitrogens with one attached hydrogen (secondary N) is 1. The highest BCUT2D eigenvalue weighted by molar-refractivity contribution is 7.07. The number of hydrogen-bond donors (Lipinski definition) is 2. The van der Waals surface area contributed by atoms with Gasteiger partial charge in [0.25, 0.3) is 0 Å². The lowest BCUT2D eigenvalue weighted by Crippen LogP contribution is -2.36. The molecular weight excluding hydrogens is 294 g/mol. The van der Waals surface area contributed by atoms with Crippen LogP contribution in [0.4, 0.5) is 0 Å². The summed E-state index contributed by atoms with van der Waals surface area (Å²) in [7, 11) is 0. The van der Waals surface area contributed by atoms with Crippen molar-refractivity contribution in [3.05, 3.63) is 61.1 Å². The Bertz CT molecular complexity index is 940. The number of thiazole rings is 1. The average molecular weight is 303 g/mol. The first kappa shape index (κ1) is 13.3. The summed E-state index contributed by atoms with van der Waals surface area (Å²) >= 11 is 1.38. The molecule has 0 spiro atoms. The lowest BCUT2D eigenvalue weighted by Gasteiger charge is -2.08. The molecule has 0 saturated carbocycles. The van der Waals surface area contributed by atoms with Crippen molar-refractivity contribution < 1.29 is 9.90 Å². The van der Waals surface area contributed by atoms with Gasteiger partial charge in [0.15, 0.2) is 0 Å². The smallest absolute Gasteiger partial charge is 0.335 e. The van der Waals surface area contributed by atoms with Crippen molar-refractivity contribution in [2.75, 3.05) is 0 Å². The molecule has 3 aromatic rings. The summed E-state index contributed by atoms with van der Waals surface area (Å²) < 4.78 is 1.23. The van der Waals surface area contributed by atoms with Crippen LogP contribution in [0, 0.1) is 0 Å². The van der Waals surface area contributed by atoms with Gasteiger partial charge in [0.05, 0.1) is 34.3 Å². The number of aromatic carboxylic acids is 1.